The fraction of sp³-hybridized carbons (Fsp3) is 0.222. The Bertz CT molecular complexity index is 844. The predicted molar refractivity (Wildman–Crippen MR) is 87.6 cm³/mol. The molecule has 0 fully saturated rings. The largest absolute Gasteiger partial charge is 0.497 e. The summed E-state index contributed by atoms with van der Waals surface area (Å²) in [6, 6.07) is 9.81. The molecule has 0 saturated heterocycles. The summed E-state index contributed by atoms with van der Waals surface area (Å²) in [5.41, 5.74) is 5.90. The molecule has 4 heteroatoms. The third kappa shape index (κ3) is 2.48. The number of methoxy groups -OCH3 is 2. The summed E-state index contributed by atoms with van der Waals surface area (Å²) >= 11 is 0. The van der Waals surface area contributed by atoms with Crippen molar-refractivity contribution in [1.82, 2.24) is 9.97 Å². The zero-order valence-corrected chi connectivity index (χ0v) is 13.2. The van der Waals surface area contributed by atoms with Crippen LogP contribution in [0.3, 0.4) is 0 Å². The monoisotopic (exact) mass is 294 g/mol. The van der Waals surface area contributed by atoms with Gasteiger partial charge in [-0.2, -0.15) is 0 Å². The van der Waals surface area contributed by atoms with Gasteiger partial charge in [0.15, 0.2) is 0 Å². The van der Waals surface area contributed by atoms with Crippen LogP contribution in [0.2, 0.25) is 0 Å². The molecule has 0 aliphatic carbocycles. The standard InChI is InChI=1S/C18H18N2O2/c1-11-7-15-16(8-12(11)2)20-17(10-19-15)14-6-5-13(21-3)9-18(14)22-4/h5-10H,1-4H3. The van der Waals surface area contributed by atoms with Crippen molar-refractivity contribution >= 4 is 11.0 Å². The number of nitrogens with zero attached hydrogens (tertiary/aromatic N) is 2. The van der Waals surface area contributed by atoms with Crippen LogP contribution in [0, 0.1) is 13.8 Å². The Morgan fingerprint density at radius 2 is 1.59 bits per heavy atom. The molecule has 0 N–H and O–H groups in total. The number of rotatable bonds is 3. The first kappa shape index (κ1) is 14.3. The maximum absolute atomic E-state index is 5.45. The van der Waals surface area contributed by atoms with Gasteiger partial charge in [-0.1, -0.05) is 0 Å². The first-order chi connectivity index (χ1) is 10.6. The fourth-order valence-electron chi connectivity index (χ4n) is 2.41. The van der Waals surface area contributed by atoms with Gasteiger partial charge in [0, 0.05) is 11.6 Å². The molecule has 0 spiro atoms. The molecule has 4 nitrogen and oxygen atoms in total. The Morgan fingerprint density at radius 3 is 2.27 bits per heavy atom. The van der Waals surface area contributed by atoms with E-state index in [0.29, 0.717) is 0 Å². The zero-order chi connectivity index (χ0) is 15.7. The summed E-state index contributed by atoms with van der Waals surface area (Å²) in [4.78, 5) is 9.26. The second-order valence-corrected chi connectivity index (χ2v) is 5.25. The van der Waals surface area contributed by atoms with E-state index in [4.69, 9.17) is 14.5 Å². The second-order valence-electron chi connectivity index (χ2n) is 5.25. The molecule has 3 aromatic rings. The molecule has 22 heavy (non-hydrogen) atoms. The highest BCUT2D eigenvalue weighted by molar-refractivity contribution is 5.80. The van der Waals surface area contributed by atoms with Gasteiger partial charge >= 0.3 is 0 Å². The van der Waals surface area contributed by atoms with Crippen molar-refractivity contribution in [2.75, 3.05) is 14.2 Å². The molecule has 1 aromatic heterocycles. The summed E-state index contributed by atoms with van der Waals surface area (Å²) in [5.74, 6) is 1.47. The number of ether oxygens (including phenoxy) is 2. The minimum atomic E-state index is 0.719. The number of aromatic nitrogens is 2. The predicted octanol–water partition coefficient (Wildman–Crippen LogP) is 3.93. The molecule has 112 valence electrons. The van der Waals surface area contributed by atoms with Gasteiger partial charge in [-0.15, -0.1) is 0 Å². The van der Waals surface area contributed by atoms with Gasteiger partial charge in [0.2, 0.25) is 0 Å². The van der Waals surface area contributed by atoms with Gasteiger partial charge in [-0.05, 0) is 49.2 Å². The van der Waals surface area contributed by atoms with Crippen molar-refractivity contribution < 1.29 is 9.47 Å². The molecule has 0 bridgehead atoms. The Balaban J connectivity index is 2.16. The van der Waals surface area contributed by atoms with Crippen molar-refractivity contribution in [3.63, 3.8) is 0 Å². The summed E-state index contributed by atoms with van der Waals surface area (Å²) < 4.78 is 10.7. The maximum Gasteiger partial charge on any atom is 0.132 e. The molecule has 0 amide bonds. The van der Waals surface area contributed by atoms with E-state index in [1.165, 1.54) is 11.1 Å². The average Bonchev–Trinajstić information content (AvgIpc) is 2.55. The first-order valence-electron chi connectivity index (χ1n) is 7.09. The number of benzene rings is 2. The van der Waals surface area contributed by atoms with Crippen molar-refractivity contribution in [1.29, 1.82) is 0 Å². The van der Waals surface area contributed by atoms with Crippen LogP contribution in [0.15, 0.2) is 36.5 Å². The first-order valence-corrected chi connectivity index (χ1v) is 7.09. The quantitative estimate of drug-likeness (QED) is 0.734. The smallest absolute Gasteiger partial charge is 0.132 e. The minimum Gasteiger partial charge on any atom is -0.497 e. The Hall–Kier alpha value is -2.62. The van der Waals surface area contributed by atoms with Gasteiger partial charge in [-0.25, -0.2) is 4.98 Å². The lowest BCUT2D eigenvalue weighted by Gasteiger charge is -2.10. The molecular formula is C18H18N2O2. The molecule has 3 rings (SSSR count). The highest BCUT2D eigenvalue weighted by Crippen LogP contribution is 2.32. The minimum absolute atomic E-state index is 0.719. The van der Waals surface area contributed by atoms with Crippen molar-refractivity contribution in [2.45, 2.75) is 13.8 Å². The van der Waals surface area contributed by atoms with Crippen LogP contribution in [0.5, 0.6) is 11.5 Å². The summed E-state index contributed by atoms with van der Waals surface area (Å²) in [6.45, 7) is 4.16. The van der Waals surface area contributed by atoms with E-state index in [1.54, 1.807) is 20.4 Å². The molecule has 0 aliphatic rings. The molecule has 0 aliphatic heterocycles. The number of hydrogen-bond acceptors (Lipinski definition) is 4. The van der Waals surface area contributed by atoms with E-state index in [9.17, 15) is 0 Å². The van der Waals surface area contributed by atoms with Gasteiger partial charge in [0.1, 0.15) is 11.5 Å². The fourth-order valence-corrected chi connectivity index (χ4v) is 2.41. The molecule has 2 aromatic carbocycles. The maximum atomic E-state index is 5.45. The highest BCUT2D eigenvalue weighted by atomic mass is 16.5. The van der Waals surface area contributed by atoms with Crippen molar-refractivity contribution in [2.24, 2.45) is 0 Å². The van der Waals surface area contributed by atoms with Crippen LogP contribution in [-0.4, -0.2) is 24.2 Å². The number of hydrogen-bond donors (Lipinski definition) is 0. The lowest BCUT2D eigenvalue weighted by Crippen LogP contribution is -1.94. The van der Waals surface area contributed by atoms with E-state index in [0.717, 1.165) is 33.8 Å². The van der Waals surface area contributed by atoms with E-state index in [2.05, 4.69) is 31.0 Å². The third-order valence-electron chi connectivity index (χ3n) is 3.84. The van der Waals surface area contributed by atoms with E-state index >= 15 is 0 Å². The molecule has 0 unspecified atom stereocenters. The third-order valence-corrected chi connectivity index (χ3v) is 3.84. The van der Waals surface area contributed by atoms with Crippen LogP contribution in [0.25, 0.3) is 22.3 Å². The molecule has 0 radical (unpaired) electrons. The molecule has 1 heterocycles. The van der Waals surface area contributed by atoms with Gasteiger partial charge in [0.05, 0.1) is 37.1 Å². The lowest BCUT2D eigenvalue weighted by molar-refractivity contribution is 0.395. The van der Waals surface area contributed by atoms with Crippen LogP contribution >= 0.6 is 0 Å². The normalized spacial score (nSPS) is 10.7. The number of fused-ring (bicyclic) bond motifs is 1. The SMILES string of the molecule is COc1ccc(-c2cnc3cc(C)c(C)cc3n2)c(OC)c1. The topological polar surface area (TPSA) is 44.2 Å². The van der Waals surface area contributed by atoms with Crippen LogP contribution in [-0.2, 0) is 0 Å². The summed E-state index contributed by atoms with van der Waals surface area (Å²) in [7, 11) is 3.27. The highest BCUT2D eigenvalue weighted by Gasteiger charge is 2.10. The molecule has 0 atom stereocenters. The summed E-state index contributed by atoms with van der Waals surface area (Å²) in [6.07, 6.45) is 1.78. The summed E-state index contributed by atoms with van der Waals surface area (Å²) in [5, 5.41) is 0. The Morgan fingerprint density at radius 1 is 0.864 bits per heavy atom. The zero-order valence-electron chi connectivity index (χ0n) is 13.2. The Labute approximate surface area is 129 Å². The van der Waals surface area contributed by atoms with E-state index in [1.807, 2.05) is 18.2 Å². The lowest BCUT2D eigenvalue weighted by atomic mass is 10.1. The molecular weight excluding hydrogens is 276 g/mol. The van der Waals surface area contributed by atoms with Gasteiger partial charge < -0.3 is 9.47 Å². The van der Waals surface area contributed by atoms with E-state index < -0.39 is 0 Å². The van der Waals surface area contributed by atoms with Crippen LogP contribution in [0.4, 0.5) is 0 Å². The number of aryl methyl sites for hydroxylation is 2. The van der Waals surface area contributed by atoms with Crippen LogP contribution in [0.1, 0.15) is 11.1 Å². The second kappa shape index (κ2) is 5.64. The molecule has 0 saturated carbocycles. The average molecular weight is 294 g/mol. The Kier molecular flexibility index (Phi) is 3.67. The van der Waals surface area contributed by atoms with Crippen molar-refractivity contribution in [3.8, 4) is 22.8 Å². The van der Waals surface area contributed by atoms with Gasteiger partial charge in [-0.3, -0.25) is 4.98 Å². The van der Waals surface area contributed by atoms with Crippen LogP contribution < -0.4 is 9.47 Å². The van der Waals surface area contributed by atoms with E-state index in [-0.39, 0.29) is 0 Å². The van der Waals surface area contributed by atoms with Gasteiger partial charge in [0.25, 0.3) is 0 Å². The van der Waals surface area contributed by atoms with Crippen molar-refractivity contribution in [3.05, 3.63) is 47.7 Å².